The van der Waals surface area contributed by atoms with Gasteiger partial charge in [-0.1, -0.05) is 18.2 Å². The summed E-state index contributed by atoms with van der Waals surface area (Å²) >= 11 is 3.17. The number of nitrogens with one attached hydrogen (secondary N) is 1. The molecule has 0 fully saturated rings. The molecule has 22 heavy (non-hydrogen) atoms. The molecule has 0 saturated carbocycles. The summed E-state index contributed by atoms with van der Waals surface area (Å²) < 4.78 is 5.71. The fraction of sp³-hybridized carbons (Fsp3) is 0.125. The molecule has 6 heteroatoms. The highest BCUT2D eigenvalue weighted by molar-refractivity contribution is 9.10. The van der Waals surface area contributed by atoms with Crippen molar-refractivity contribution in [1.29, 1.82) is 0 Å². The third-order valence-electron chi connectivity index (χ3n) is 3.40. The first-order valence-corrected chi connectivity index (χ1v) is 7.42. The minimum atomic E-state index is -0.881. The number of carbonyl (C=O) groups excluding carboxylic acids is 2. The zero-order chi connectivity index (χ0) is 15.7. The Morgan fingerprint density at radius 3 is 2.82 bits per heavy atom. The van der Waals surface area contributed by atoms with E-state index in [0.717, 1.165) is 5.56 Å². The Kier molecular flexibility index (Phi) is 3.85. The van der Waals surface area contributed by atoms with Crippen LogP contribution in [0.15, 0.2) is 46.9 Å². The van der Waals surface area contributed by atoms with Crippen molar-refractivity contribution in [3.05, 3.63) is 58.1 Å². The first-order valence-electron chi connectivity index (χ1n) is 6.63. The molecule has 0 unspecified atom stereocenters. The number of ether oxygens (including phenoxy) is 1. The summed E-state index contributed by atoms with van der Waals surface area (Å²) in [6, 6.07) is 11.7. The third kappa shape index (κ3) is 2.82. The van der Waals surface area contributed by atoms with Crippen molar-refractivity contribution < 1.29 is 19.4 Å². The number of rotatable bonds is 2. The van der Waals surface area contributed by atoms with Crippen LogP contribution in [-0.4, -0.2) is 23.1 Å². The van der Waals surface area contributed by atoms with Gasteiger partial charge < -0.3 is 15.2 Å². The zero-order valence-corrected chi connectivity index (χ0v) is 13.0. The van der Waals surface area contributed by atoms with Crippen LogP contribution in [0.4, 0.5) is 5.69 Å². The van der Waals surface area contributed by atoms with Crippen LogP contribution in [0, 0.1) is 0 Å². The lowest BCUT2D eigenvalue weighted by Gasteiger charge is -2.23. The average Bonchev–Trinajstić information content (AvgIpc) is 2.51. The number of amides is 1. The number of halogens is 1. The van der Waals surface area contributed by atoms with Crippen LogP contribution in [0.2, 0.25) is 0 Å². The van der Waals surface area contributed by atoms with Crippen LogP contribution in [0.5, 0.6) is 5.75 Å². The van der Waals surface area contributed by atoms with Crippen molar-refractivity contribution in [2.24, 2.45) is 0 Å². The predicted molar refractivity (Wildman–Crippen MR) is 83.8 cm³/mol. The number of phenols is 1. The average molecular weight is 362 g/mol. The standard InChI is InChI=1S/C16H12BrNO4/c17-12-6-5-10(8-13(12)19)18-15(20)14-7-9-3-1-2-4-11(9)16(21)22-14/h1-6,8,14,19H,7H2,(H,18,20)/t14-/m1/s1. The number of anilines is 1. The lowest BCUT2D eigenvalue weighted by molar-refractivity contribution is -0.125. The monoisotopic (exact) mass is 361 g/mol. The maximum absolute atomic E-state index is 12.2. The molecule has 1 aliphatic rings. The first-order chi connectivity index (χ1) is 10.5. The first kappa shape index (κ1) is 14.6. The van der Waals surface area contributed by atoms with Gasteiger partial charge in [0.05, 0.1) is 10.0 Å². The molecule has 0 radical (unpaired) electrons. The molecule has 112 valence electrons. The second-order valence-electron chi connectivity index (χ2n) is 4.91. The van der Waals surface area contributed by atoms with E-state index in [4.69, 9.17) is 4.74 Å². The molecule has 0 aromatic heterocycles. The molecule has 5 nitrogen and oxygen atoms in total. The molecule has 0 saturated heterocycles. The van der Waals surface area contributed by atoms with Gasteiger partial charge in [-0.05, 0) is 39.7 Å². The number of hydrogen-bond acceptors (Lipinski definition) is 4. The van der Waals surface area contributed by atoms with Crippen molar-refractivity contribution in [2.45, 2.75) is 12.5 Å². The molecule has 3 rings (SSSR count). The summed E-state index contributed by atoms with van der Waals surface area (Å²) in [5.41, 5.74) is 1.71. The van der Waals surface area contributed by atoms with Gasteiger partial charge in [0.1, 0.15) is 5.75 Å². The van der Waals surface area contributed by atoms with Crippen molar-refractivity contribution in [2.75, 3.05) is 5.32 Å². The number of hydrogen-bond donors (Lipinski definition) is 2. The number of aromatic hydroxyl groups is 1. The molecule has 0 bridgehead atoms. The van der Waals surface area contributed by atoms with Gasteiger partial charge in [-0.15, -0.1) is 0 Å². The maximum atomic E-state index is 12.2. The summed E-state index contributed by atoms with van der Waals surface area (Å²) in [6.45, 7) is 0. The molecule has 2 N–H and O–H groups in total. The molecule has 0 spiro atoms. The van der Waals surface area contributed by atoms with E-state index in [-0.39, 0.29) is 5.75 Å². The highest BCUT2D eigenvalue weighted by Gasteiger charge is 2.31. The fourth-order valence-corrected chi connectivity index (χ4v) is 2.54. The number of benzene rings is 2. The van der Waals surface area contributed by atoms with Crippen LogP contribution in [0.25, 0.3) is 0 Å². The van der Waals surface area contributed by atoms with Crippen LogP contribution >= 0.6 is 15.9 Å². The predicted octanol–water partition coefficient (Wildman–Crippen LogP) is 2.87. The number of phenolic OH excluding ortho intramolecular Hbond substituents is 1. The Morgan fingerprint density at radius 2 is 2.05 bits per heavy atom. The van der Waals surface area contributed by atoms with Gasteiger partial charge in [-0.3, -0.25) is 4.79 Å². The van der Waals surface area contributed by atoms with E-state index >= 15 is 0 Å². The Bertz CT molecular complexity index is 760. The highest BCUT2D eigenvalue weighted by atomic mass is 79.9. The van der Waals surface area contributed by atoms with Gasteiger partial charge >= 0.3 is 5.97 Å². The van der Waals surface area contributed by atoms with Crippen molar-refractivity contribution >= 4 is 33.5 Å². The molecule has 1 amide bonds. The number of esters is 1. The maximum Gasteiger partial charge on any atom is 0.339 e. The van der Waals surface area contributed by atoms with E-state index in [1.807, 2.05) is 12.1 Å². The highest BCUT2D eigenvalue weighted by Crippen LogP contribution is 2.27. The van der Waals surface area contributed by atoms with E-state index in [1.54, 1.807) is 24.3 Å². The molecule has 0 aliphatic carbocycles. The number of fused-ring (bicyclic) bond motifs is 1. The van der Waals surface area contributed by atoms with Crippen LogP contribution in [-0.2, 0) is 16.0 Å². The molecule has 2 aromatic rings. The Morgan fingerprint density at radius 1 is 1.27 bits per heavy atom. The van der Waals surface area contributed by atoms with E-state index in [1.165, 1.54) is 6.07 Å². The minimum absolute atomic E-state index is 0.0174. The molecule has 1 aliphatic heterocycles. The number of cyclic esters (lactones) is 1. The summed E-state index contributed by atoms with van der Waals surface area (Å²) in [6.07, 6.45) is -0.552. The molecule has 1 atom stereocenters. The Balaban J connectivity index is 1.76. The summed E-state index contributed by atoms with van der Waals surface area (Å²) in [4.78, 5) is 24.1. The smallest absolute Gasteiger partial charge is 0.339 e. The largest absolute Gasteiger partial charge is 0.507 e. The van der Waals surface area contributed by atoms with Gasteiger partial charge in [-0.25, -0.2) is 4.79 Å². The summed E-state index contributed by atoms with van der Waals surface area (Å²) in [5, 5.41) is 12.2. The fourth-order valence-electron chi connectivity index (χ4n) is 2.29. The zero-order valence-electron chi connectivity index (χ0n) is 11.4. The topological polar surface area (TPSA) is 75.6 Å². The third-order valence-corrected chi connectivity index (χ3v) is 4.07. The quantitative estimate of drug-likeness (QED) is 0.806. The summed E-state index contributed by atoms with van der Waals surface area (Å²) in [7, 11) is 0. The lowest BCUT2D eigenvalue weighted by atomic mass is 9.98. The van der Waals surface area contributed by atoms with Crippen molar-refractivity contribution in [3.8, 4) is 5.75 Å². The van der Waals surface area contributed by atoms with Crippen LogP contribution < -0.4 is 5.32 Å². The molecular formula is C16H12BrNO4. The van der Waals surface area contributed by atoms with Crippen LogP contribution in [0.1, 0.15) is 15.9 Å². The van der Waals surface area contributed by atoms with Gasteiger partial charge in [0.2, 0.25) is 0 Å². The van der Waals surface area contributed by atoms with Gasteiger partial charge in [0.25, 0.3) is 5.91 Å². The van der Waals surface area contributed by atoms with E-state index in [2.05, 4.69) is 21.2 Å². The van der Waals surface area contributed by atoms with Crippen LogP contribution in [0.3, 0.4) is 0 Å². The number of carbonyl (C=O) groups is 2. The summed E-state index contributed by atoms with van der Waals surface area (Å²) in [5.74, 6) is -0.908. The van der Waals surface area contributed by atoms with Gasteiger partial charge in [0, 0.05) is 18.2 Å². The van der Waals surface area contributed by atoms with Crippen molar-refractivity contribution in [3.63, 3.8) is 0 Å². The second kappa shape index (κ2) is 5.81. The molecule has 1 heterocycles. The van der Waals surface area contributed by atoms with Gasteiger partial charge in [0.15, 0.2) is 6.10 Å². The Hall–Kier alpha value is -2.34. The van der Waals surface area contributed by atoms with E-state index in [9.17, 15) is 14.7 Å². The molecule has 2 aromatic carbocycles. The SMILES string of the molecule is O=C1O[C@@H](C(=O)Nc2ccc(Br)c(O)c2)Cc2ccccc21. The second-order valence-corrected chi connectivity index (χ2v) is 5.77. The van der Waals surface area contributed by atoms with Crippen molar-refractivity contribution in [1.82, 2.24) is 0 Å². The Labute approximate surface area is 135 Å². The van der Waals surface area contributed by atoms with E-state index < -0.39 is 18.0 Å². The lowest BCUT2D eigenvalue weighted by Crippen LogP contribution is -2.37. The van der Waals surface area contributed by atoms with E-state index in [0.29, 0.717) is 22.1 Å². The molecular weight excluding hydrogens is 350 g/mol. The normalized spacial score (nSPS) is 16.6. The van der Waals surface area contributed by atoms with Gasteiger partial charge in [-0.2, -0.15) is 0 Å². The minimum Gasteiger partial charge on any atom is -0.507 e.